The van der Waals surface area contributed by atoms with E-state index in [-0.39, 0.29) is 18.3 Å². The average Bonchev–Trinajstić information content (AvgIpc) is 3.09. The molecule has 0 saturated heterocycles. The first-order valence-electron chi connectivity index (χ1n) is 8.98. The van der Waals surface area contributed by atoms with E-state index in [0.717, 1.165) is 27.6 Å². The zero-order valence-electron chi connectivity index (χ0n) is 15.9. The van der Waals surface area contributed by atoms with Gasteiger partial charge in [-0.25, -0.2) is 0 Å². The number of nitrogens with one attached hydrogen (secondary N) is 1. The van der Waals surface area contributed by atoms with Crippen LogP contribution in [0.4, 0.5) is 0 Å². The van der Waals surface area contributed by atoms with Crippen LogP contribution in [-0.2, 0) is 16.1 Å². The molecule has 0 saturated carbocycles. The number of hydrogen-bond acceptors (Lipinski definition) is 3. The van der Waals surface area contributed by atoms with Crippen LogP contribution in [0.15, 0.2) is 48.5 Å². The van der Waals surface area contributed by atoms with Gasteiger partial charge in [0.05, 0.1) is 13.5 Å². The summed E-state index contributed by atoms with van der Waals surface area (Å²) in [5.41, 5.74) is 4.76. The molecule has 3 aromatic rings. The van der Waals surface area contributed by atoms with Crippen LogP contribution in [0.2, 0.25) is 0 Å². The fraction of sp³-hybridized carbons (Fsp3) is 0.273. The summed E-state index contributed by atoms with van der Waals surface area (Å²) in [4.78, 5) is 29.7. The molecule has 1 heterocycles. The van der Waals surface area contributed by atoms with Gasteiger partial charge in [-0.1, -0.05) is 36.4 Å². The lowest BCUT2D eigenvalue weighted by molar-refractivity contribution is -0.140. The Labute approximate surface area is 158 Å². The number of aryl methyl sites for hydroxylation is 2. The topological polar surface area (TPSA) is 62.4 Å². The molecule has 5 nitrogen and oxygen atoms in total. The second-order valence-electron chi connectivity index (χ2n) is 6.76. The van der Waals surface area contributed by atoms with E-state index in [1.807, 2.05) is 56.3 Å². The standard InChI is InChI=1S/C22H24N2O3/c1-15-11-16(2)18-13-20(23-19(18)12-15)22(26)24(10-9-21(25)27-3)14-17-7-5-4-6-8-17/h4-8,11-13,23H,9-10,14H2,1-3H3. The number of fused-ring (bicyclic) bond motifs is 1. The minimum atomic E-state index is -0.330. The van der Waals surface area contributed by atoms with Gasteiger partial charge in [0.1, 0.15) is 5.69 Å². The Bertz CT molecular complexity index is 960. The van der Waals surface area contributed by atoms with E-state index in [2.05, 4.69) is 11.1 Å². The highest BCUT2D eigenvalue weighted by molar-refractivity contribution is 5.99. The van der Waals surface area contributed by atoms with E-state index >= 15 is 0 Å². The molecular formula is C22H24N2O3. The summed E-state index contributed by atoms with van der Waals surface area (Å²) in [6, 6.07) is 15.8. The Kier molecular flexibility index (Phi) is 5.60. The predicted octanol–water partition coefficient (Wildman–Crippen LogP) is 3.99. The van der Waals surface area contributed by atoms with Crippen molar-refractivity contribution in [1.82, 2.24) is 9.88 Å². The second kappa shape index (κ2) is 8.08. The molecule has 1 N–H and O–H groups in total. The number of aromatic amines is 1. The van der Waals surface area contributed by atoms with Crippen molar-refractivity contribution >= 4 is 22.8 Å². The lowest BCUT2D eigenvalue weighted by Crippen LogP contribution is -2.33. The Morgan fingerprint density at radius 3 is 2.52 bits per heavy atom. The van der Waals surface area contributed by atoms with Gasteiger partial charge in [-0.15, -0.1) is 0 Å². The van der Waals surface area contributed by atoms with E-state index in [9.17, 15) is 9.59 Å². The van der Waals surface area contributed by atoms with Gasteiger partial charge in [-0.3, -0.25) is 9.59 Å². The molecule has 0 aliphatic heterocycles. The summed E-state index contributed by atoms with van der Waals surface area (Å²) in [6.07, 6.45) is 0.160. The number of carbonyl (C=O) groups is 2. The molecule has 5 heteroatoms. The third-order valence-electron chi connectivity index (χ3n) is 4.64. The molecule has 0 fully saturated rings. The molecule has 3 rings (SSSR count). The van der Waals surface area contributed by atoms with Gasteiger partial charge in [0.15, 0.2) is 0 Å². The first-order valence-corrected chi connectivity index (χ1v) is 8.98. The van der Waals surface area contributed by atoms with Crippen molar-refractivity contribution in [1.29, 1.82) is 0 Å². The van der Waals surface area contributed by atoms with Crippen molar-refractivity contribution in [2.24, 2.45) is 0 Å². The fourth-order valence-electron chi connectivity index (χ4n) is 3.27. The van der Waals surface area contributed by atoms with Crippen LogP contribution in [0, 0.1) is 13.8 Å². The summed E-state index contributed by atoms with van der Waals surface area (Å²) in [6.45, 7) is 4.81. The van der Waals surface area contributed by atoms with Crippen molar-refractivity contribution in [2.45, 2.75) is 26.8 Å². The van der Waals surface area contributed by atoms with Crippen molar-refractivity contribution in [3.63, 3.8) is 0 Å². The van der Waals surface area contributed by atoms with E-state index < -0.39 is 0 Å². The minimum absolute atomic E-state index is 0.129. The van der Waals surface area contributed by atoms with Crippen molar-refractivity contribution in [3.05, 3.63) is 70.9 Å². The lowest BCUT2D eigenvalue weighted by Gasteiger charge is -2.22. The van der Waals surface area contributed by atoms with E-state index in [1.54, 1.807) is 4.90 Å². The minimum Gasteiger partial charge on any atom is -0.469 e. The van der Waals surface area contributed by atoms with Crippen LogP contribution in [0.1, 0.15) is 33.6 Å². The van der Waals surface area contributed by atoms with Crippen molar-refractivity contribution < 1.29 is 14.3 Å². The SMILES string of the molecule is COC(=O)CCN(Cc1ccccc1)C(=O)c1cc2c(C)cc(C)cc2[nH]1. The number of ether oxygens (including phenoxy) is 1. The largest absolute Gasteiger partial charge is 0.469 e. The van der Waals surface area contributed by atoms with Crippen LogP contribution in [-0.4, -0.2) is 35.4 Å². The molecule has 0 bridgehead atoms. The van der Waals surface area contributed by atoms with Gasteiger partial charge in [-0.2, -0.15) is 0 Å². The Balaban J connectivity index is 1.89. The number of hydrogen-bond donors (Lipinski definition) is 1. The highest BCUT2D eigenvalue weighted by Crippen LogP contribution is 2.22. The van der Waals surface area contributed by atoms with Crippen LogP contribution in [0.3, 0.4) is 0 Å². The number of amides is 1. The molecule has 1 amide bonds. The van der Waals surface area contributed by atoms with Gasteiger partial charge in [0.2, 0.25) is 0 Å². The van der Waals surface area contributed by atoms with Crippen LogP contribution in [0.25, 0.3) is 10.9 Å². The van der Waals surface area contributed by atoms with Gasteiger partial charge >= 0.3 is 5.97 Å². The molecule has 27 heavy (non-hydrogen) atoms. The number of carbonyl (C=O) groups excluding carboxylic acids is 2. The molecule has 0 atom stereocenters. The number of benzene rings is 2. The average molecular weight is 364 g/mol. The second-order valence-corrected chi connectivity index (χ2v) is 6.76. The predicted molar refractivity (Wildman–Crippen MR) is 106 cm³/mol. The number of aromatic nitrogens is 1. The highest BCUT2D eigenvalue weighted by Gasteiger charge is 2.20. The molecule has 140 valence electrons. The normalized spacial score (nSPS) is 10.8. The maximum atomic E-state index is 13.2. The maximum Gasteiger partial charge on any atom is 0.307 e. The van der Waals surface area contributed by atoms with Gasteiger partial charge in [0, 0.05) is 24.0 Å². The Morgan fingerprint density at radius 2 is 1.81 bits per heavy atom. The zero-order chi connectivity index (χ0) is 19.4. The summed E-state index contributed by atoms with van der Waals surface area (Å²) in [5.74, 6) is -0.458. The number of esters is 1. The third-order valence-corrected chi connectivity index (χ3v) is 4.64. The smallest absolute Gasteiger partial charge is 0.307 e. The Hall–Kier alpha value is -3.08. The number of methoxy groups -OCH3 is 1. The molecule has 0 aliphatic rings. The summed E-state index contributed by atoms with van der Waals surface area (Å²) < 4.78 is 4.73. The molecule has 0 unspecified atom stereocenters. The summed E-state index contributed by atoms with van der Waals surface area (Å²) in [7, 11) is 1.36. The van der Waals surface area contributed by atoms with E-state index in [0.29, 0.717) is 18.8 Å². The number of nitrogens with zero attached hydrogens (tertiary/aromatic N) is 1. The summed E-state index contributed by atoms with van der Waals surface area (Å²) >= 11 is 0. The zero-order valence-corrected chi connectivity index (χ0v) is 15.9. The Morgan fingerprint density at radius 1 is 1.07 bits per heavy atom. The molecule has 0 aliphatic carbocycles. The first kappa shape index (κ1) is 18.7. The quantitative estimate of drug-likeness (QED) is 0.673. The highest BCUT2D eigenvalue weighted by atomic mass is 16.5. The third kappa shape index (κ3) is 4.37. The first-order chi connectivity index (χ1) is 13.0. The molecule has 0 spiro atoms. The van der Waals surface area contributed by atoms with Gasteiger partial charge < -0.3 is 14.6 Å². The van der Waals surface area contributed by atoms with Crippen LogP contribution >= 0.6 is 0 Å². The van der Waals surface area contributed by atoms with Crippen LogP contribution < -0.4 is 0 Å². The van der Waals surface area contributed by atoms with Crippen molar-refractivity contribution in [3.8, 4) is 0 Å². The molecule has 1 aromatic heterocycles. The van der Waals surface area contributed by atoms with Crippen LogP contribution in [0.5, 0.6) is 0 Å². The van der Waals surface area contributed by atoms with E-state index in [4.69, 9.17) is 4.74 Å². The lowest BCUT2D eigenvalue weighted by atomic mass is 10.1. The molecular weight excluding hydrogens is 340 g/mol. The van der Waals surface area contributed by atoms with E-state index in [1.165, 1.54) is 7.11 Å². The fourth-order valence-corrected chi connectivity index (χ4v) is 3.27. The van der Waals surface area contributed by atoms with Crippen molar-refractivity contribution in [2.75, 3.05) is 13.7 Å². The molecule has 2 aromatic carbocycles. The van der Waals surface area contributed by atoms with Gasteiger partial charge in [0.25, 0.3) is 5.91 Å². The molecule has 0 radical (unpaired) electrons. The van der Waals surface area contributed by atoms with Gasteiger partial charge in [-0.05, 0) is 42.7 Å². The summed E-state index contributed by atoms with van der Waals surface area (Å²) in [5, 5.41) is 1.04. The monoisotopic (exact) mass is 364 g/mol. The number of H-pyrrole nitrogens is 1. The number of rotatable bonds is 6. The maximum absolute atomic E-state index is 13.2.